The number of carbonyl (C=O) groups is 3. The molecule has 1 aromatic carbocycles. The lowest BCUT2D eigenvalue weighted by Crippen LogP contribution is -2.48. The summed E-state index contributed by atoms with van der Waals surface area (Å²) in [5, 5.41) is 5.69. The molecule has 1 aliphatic carbocycles. The van der Waals surface area contributed by atoms with E-state index in [1.807, 2.05) is 31.2 Å². The number of rotatable bonds is 4. The first-order valence-electron chi connectivity index (χ1n) is 9.47. The fourth-order valence-corrected chi connectivity index (χ4v) is 3.87. The van der Waals surface area contributed by atoms with Gasteiger partial charge in [-0.15, -0.1) is 0 Å². The molecule has 1 heterocycles. The van der Waals surface area contributed by atoms with E-state index in [1.165, 1.54) is 6.42 Å². The minimum absolute atomic E-state index is 0.224. The van der Waals surface area contributed by atoms with E-state index < -0.39 is 11.6 Å². The molecule has 6 heteroatoms. The lowest BCUT2D eigenvalue weighted by atomic mass is 9.84. The third-order valence-corrected chi connectivity index (χ3v) is 5.49. The van der Waals surface area contributed by atoms with Gasteiger partial charge in [-0.1, -0.05) is 56.4 Å². The van der Waals surface area contributed by atoms with Crippen molar-refractivity contribution in [2.45, 2.75) is 64.0 Å². The number of urea groups is 1. The van der Waals surface area contributed by atoms with Crippen molar-refractivity contribution in [2.75, 3.05) is 6.54 Å². The van der Waals surface area contributed by atoms with E-state index >= 15 is 0 Å². The Morgan fingerprint density at radius 1 is 1.12 bits per heavy atom. The molecule has 0 radical (unpaired) electrons. The number of aryl methyl sites for hydroxylation is 1. The molecule has 0 atom stereocenters. The molecule has 1 spiro atoms. The molecule has 3 rings (SSSR count). The summed E-state index contributed by atoms with van der Waals surface area (Å²) in [6.07, 6.45) is 6.54. The number of nitrogens with one attached hydrogen (secondary N) is 2. The lowest BCUT2D eigenvalue weighted by Gasteiger charge is -2.28. The SMILES string of the molecule is Cc1ccccc1CNC(=O)CN1C(=O)NC2(CCCCCCC2)C1=O. The Hall–Kier alpha value is -2.37. The smallest absolute Gasteiger partial charge is 0.325 e. The monoisotopic (exact) mass is 357 g/mol. The standard InChI is InChI=1S/C20H27N3O3/c1-15-9-5-6-10-16(15)13-21-17(24)14-23-18(25)20(22-19(23)26)11-7-3-2-4-8-12-20/h5-6,9-10H,2-4,7-8,11-14H2,1H3,(H,21,24)(H,22,26). The molecule has 2 aliphatic rings. The van der Waals surface area contributed by atoms with E-state index in [2.05, 4.69) is 10.6 Å². The maximum absolute atomic E-state index is 12.9. The zero-order valence-corrected chi connectivity index (χ0v) is 15.3. The van der Waals surface area contributed by atoms with Crippen LogP contribution < -0.4 is 10.6 Å². The molecule has 1 saturated heterocycles. The van der Waals surface area contributed by atoms with Crippen molar-refractivity contribution in [2.24, 2.45) is 0 Å². The second-order valence-corrected chi connectivity index (χ2v) is 7.37. The number of benzene rings is 1. The molecule has 0 bridgehead atoms. The number of carbonyl (C=O) groups excluding carboxylic acids is 3. The van der Waals surface area contributed by atoms with Gasteiger partial charge in [0.15, 0.2) is 0 Å². The van der Waals surface area contributed by atoms with Crippen LogP contribution in [0.3, 0.4) is 0 Å². The highest BCUT2D eigenvalue weighted by Crippen LogP contribution is 2.31. The van der Waals surface area contributed by atoms with Gasteiger partial charge in [-0.05, 0) is 30.9 Å². The molecule has 140 valence electrons. The summed E-state index contributed by atoms with van der Waals surface area (Å²) in [6.45, 7) is 2.15. The molecule has 2 N–H and O–H groups in total. The fraction of sp³-hybridized carbons (Fsp3) is 0.550. The summed E-state index contributed by atoms with van der Waals surface area (Å²) in [6, 6.07) is 7.36. The highest BCUT2D eigenvalue weighted by atomic mass is 16.2. The number of imide groups is 1. The molecule has 1 saturated carbocycles. The lowest BCUT2D eigenvalue weighted by molar-refractivity contribution is -0.135. The Balaban J connectivity index is 1.60. The van der Waals surface area contributed by atoms with Crippen LogP contribution in [0.4, 0.5) is 4.79 Å². The minimum Gasteiger partial charge on any atom is -0.350 e. The van der Waals surface area contributed by atoms with Crippen molar-refractivity contribution in [3.8, 4) is 0 Å². The number of amides is 4. The summed E-state index contributed by atoms with van der Waals surface area (Å²) in [5.74, 6) is -0.560. The fourth-order valence-electron chi connectivity index (χ4n) is 3.87. The van der Waals surface area contributed by atoms with Gasteiger partial charge in [0.05, 0.1) is 0 Å². The second kappa shape index (κ2) is 7.89. The summed E-state index contributed by atoms with van der Waals surface area (Å²) >= 11 is 0. The highest BCUT2D eigenvalue weighted by molar-refractivity contribution is 6.09. The summed E-state index contributed by atoms with van der Waals surface area (Å²) in [5.41, 5.74) is 1.32. The molecule has 2 fully saturated rings. The van der Waals surface area contributed by atoms with Crippen molar-refractivity contribution in [1.82, 2.24) is 15.5 Å². The maximum atomic E-state index is 12.9. The quantitative estimate of drug-likeness (QED) is 0.813. The van der Waals surface area contributed by atoms with Gasteiger partial charge in [0.1, 0.15) is 12.1 Å². The number of hydrogen-bond acceptors (Lipinski definition) is 3. The molecule has 4 amide bonds. The Labute approximate surface area is 154 Å². The zero-order valence-electron chi connectivity index (χ0n) is 15.3. The van der Waals surface area contributed by atoms with Crippen LogP contribution in [0.2, 0.25) is 0 Å². The van der Waals surface area contributed by atoms with Gasteiger partial charge in [-0.2, -0.15) is 0 Å². The molecule has 1 aliphatic heterocycles. The van der Waals surface area contributed by atoms with Crippen LogP contribution in [-0.2, 0) is 16.1 Å². The molecule has 0 aromatic heterocycles. The van der Waals surface area contributed by atoms with Crippen LogP contribution in [0, 0.1) is 6.92 Å². The average molecular weight is 357 g/mol. The molecular weight excluding hydrogens is 330 g/mol. The van der Waals surface area contributed by atoms with Gasteiger partial charge >= 0.3 is 6.03 Å². The topological polar surface area (TPSA) is 78.5 Å². The van der Waals surface area contributed by atoms with Gasteiger partial charge in [-0.3, -0.25) is 14.5 Å². The van der Waals surface area contributed by atoms with Gasteiger partial charge in [0, 0.05) is 6.54 Å². The first kappa shape index (κ1) is 18.4. The first-order valence-corrected chi connectivity index (χ1v) is 9.47. The van der Waals surface area contributed by atoms with Crippen molar-refractivity contribution >= 4 is 17.8 Å². The van der Waals surface area contributed by atoms with E-state index in [4.69, 9.17) is 0 Å². The third kappa shape index (κ3) is 3.89. The predicted molar refractivity (Wildman–Crippen MR) is 98.3 cm³/mol. The van der Waals surface area contributed by atoms with Gasteiger partial charge in [0.25, 0.3) is 5.91 Å². The molecule has 6 nitrogen and oxygen atoms in total. The van der Waals surface area contributed by atoms with E-state index in [9.17, 15) is 14.4 Å². The summed E-state index contributed by atoms with van der Waals surface area (Å²) in [4.78, 5) is 38.6. The first-order chi connectivity index (χ1) is 12.5. The normalized spacial score (nSPS) is 19.8. The second-order valence-electron chi connectivity index (χ2n) is 7.37. The zero-order chi connectivity index (χ0) is 18.6. The Morgan fingerprint density at radius 3 is 2.46 bits per heavy atom. The van der Waals surface area contributed by atoms with Crippen molar-refractivity contribution < 1.29 is 14.4 Å². The third-order valence-electron chi connectivity index (χ3n) is 5.49. The minimum atomic E-state index is -0.798. The van der Waals surface area contributed by atoms with Gasteiger partial charge < -0.3 is 10.6 Å². The van der Waals surface area contributed by atoms with Crippen LogP contribution >= 0.6 is 0 Å². The Morgan fingerprint density at radius 2 is 1.77 bits per heavy atom. The van der Waals surface area contributed by atoms with Crippen LogP contribution in [0.5, 0.6) is 0 Å². The molecular formula is C20H27N3O3. The largest absolute Gasteiger partial charge is 0.350 e. The highest BCUT2D eigenvalue weighted by Gasteiger charge is 2.50. The van der Waals surface area contributed by atoms with Crippen molar-refractivity contribution in [3.05, 3.63) is 35.4 Å². The van der Waals surface area contributed by atoms with Crippen molar-refractivity contribution in [3.63, 3.8) is 0 Å². The van der Waals surface area contributed by atoms with Crippen LogP contribution in [0.25, 0.3) is 0 Å². The van der Waals surface area contributed by atoms with Crippen LogP contribution in [-0.4, -0.2) is 34.8 Å². The van der Waals surface area contributed by atoms with Crippen LogP contribution in [0.1, 0.15) is 56.1 Å². The van der Waals surface area contributed by atoms with Crippen molar-refractivity contribution in [1.29, 1.82) is 0 Å². The predicted octanol–water partition coefficient (Wildman–Crippen LogP) is 2.65. The van der Waals surface area contributed by atoms with E-state index in [1.54, 1.807) is 0 Å². The maximum Gasteiger partial charge on any atom is 0.325 e. The number of nitrogens with zero attached hydrogens (tertiary/aromatic N) is 1. The van der Waals surface area contributed by atoms with Crippen LogP contribution in [0.15, 0.2) is 24.3 Å². The summed E-state index contributed by atoms with van der Waals surface area (Å²) in [7, 11) is 0. The van der Waals surface area contributed by atoms with E-state index in [0.717, 1.165) is 41.7 Å². The van der Waals surface area contributed by atoms with E-state index in [-0.39, 0.29) is 18.4 Å². The average Bonchev–Trinajstić information content (AvgIpc) is 2.83. The Bertz CT molecular complexity index is 693. The molecule has 0 unspecified atom stereocenters. The van der Waals surface area contributed by atoms with Gasteiger partial charge in [-0.25, -0.2) is 4.79 Å². The molecule has 1 aromatic rings. The Kier molecular flexibility index (Phi) is 5.59. The number of hydrogen-bond donors (Lipinski definition) is 2. The molecule has 26 heavy (non-hydrogen) atoms. The van der Waals surface area contributed by atoms with E-state index in [0.29, 0.717) is 19.4 Å². The summed E-state index contributed by atoms with van der Waals surface area (Å²) < 4.78 is 0. The van der Waals surface area contributed by atoms with Gasteiger partial charge in [0.2, 0.25) is 5.91 Å².